The molecule has 2 rings (SSSR count). The van der Waals surface area contributed by atoms with Crippen LogP contribution >= 0.6 is 0 Å². The van der Waals surface area contributed by atoms with Crippen molar-refractivity contribution in [3.63, 3.8) is 0 Å². The molecule has 2 aromatic rings. The van der Waals surface area contributed by atoms with E-state index in [9.17, 15) is 4.79 Å². The van der Waals surface area contributed by atoms with Crippen LogP contribution in [-0.2, 0) is 0 Å². The lowest BCUT2D eigenvalue weighted by Crippen LogP contribution is -2.07. The number of rotatable bonds is 11. The molecule has 0 aliphatic heterocycles. The zero-order chi connectivity index (χ0) is 23.5. The van der Waals surface area contributed by atoms with Crippen molar-refractivity contribution >= 4 is 5.78 Å². The predicted molar refractivity (Wildman–Crippen MR) is 131 cm³/mol. The molecule has 0 fully saturated rings. The largest absolute Gasteiger partial charge is 0.490 e. The molecular weight excluding hydrogens is 400 g/mol. The van der Waals surface area contributed by atoms with Gasteiger partial charge in [-0.3, -0.25) is 4.79 Å². The Morgan fingerprint density at radius 2 is 1.12 bits per heavy atom. The lowest BCUT2D eigenvalue weighted by molar-refractivity contribution is 0.103. The van der Waals surface area contributed by atoms with E-state index >= 15 is 0 Å². The van der Waals surface area contributed by atoms with Gasteiger partial charge in [-0.25, -0.2) is 0 Å². The molecule has 0 radical (unpaired) electrons. The highest BCUT2D eigenvalue weighted by Crippen LogP contribution is 2.28. The third-order valence-electron chi connectivity index (χ3n) is 4.53. The highest BCUT2D eigenvalue weighted by atomic mass is 16.5. The van der Waals surface area contributed by atoms with E-state index in [-0.39, 0.29) is 5.78 Å². The van der Waals surface area contributed by atoms with Crippen molar-refractivity contribution in [2.75, 3.05) is 19.8 Å². The van der Waals surface area contributed by atoms with Gasteiger partial charge in [-0.2, -0.15) is 0 Å². The van der Waals surface area contributed by atoms with Gasteiger partial charge in [0, 0.05) is 11.6 Å². The number of hydrogen-bond acceptors (Lipinski definition) is 4. The van der Waals surface area contributed by atoms with Crippen LogP contribution in [0.3, 0.4) is 0 Å². The SMILES string of the molecule is CC(C)=CCOc1ccc(C(=O)c2ccc(OCC=C(C)C)cc2OCC=C(C)C)cc1. The summed E-state index contributed by atoms with van der Waals surface area (Å²) in [6.07, 6.45) is 5.99. The maximum absolute atomic E-state index is 13.2. The molecule has 32 heavy (non-hydrogen) atoms. The van der Waals surface area contributed by atoms with Crippen molar-refractivity contribution < 1.29 is 19.0 Å². The minimum absolute atomic E-state index is 0.108. The first kappa shape index (κ1) is 25.0. The van der Waals surface area contributed by atoms with Crippen LogP contribution in [0.5, 0.6) is 17.2 Å². The van der Waals surface area contributed by atoms with E-state index < -0.39 is 0 Å². The van der Waals surface area contributed by atoms with Gasteiger partial charge < -0.3 is 14.2 Å². The van der Waals surface area contributed by atoms with Gasteiger partial charge in [-0.15, -0.1) is 0 Å². The van der Waals surface area contributed by atoms with Crippen molar-refractivity contribution in [2.45, 2.75) is 41.5 Å². The van der Waals surface area contributed by atoms with Crippen LogP contribution in [0, 0.1) is 0 Å². The van der Waals surface area contributed by atoms with Gasteiger partial charge in [0.15, 0.2) is 5.78 Å². The van der Waals surface area contributed by atoms with Crippen molar-refractivity contribution in [1.82, 2.24) is 0 Å². The van der Waals surface area contributed by atoms with Gasteiger partial charge in [0.1, 0.15) is 37.1 Å². The van der Waals surface area contributed by atoms with Crippen molar-refractivity contribution in [3.8, 4) is 17.2 Å². The maximum Gasteiger partial charge on any atom is 0.196 e. The van der Waals surface area contributed by atoms with Gasteiger partial charge >= 0.3 is 0 Å². The standard InChI is InChI=1S/C28H34O4/c1-20(2)13-16-30-24-9-7-23(8-10-24)28(29)26-12-11-25(31-17-14-21(3)4)19-27(26)32-18-15-22(5)6/h7-15,19H,16-18H2,1-6H3. The third-order valence-corrected chi connectivity index (χ3v) is 4.53. The summed E-state index contributed by atoms with van der Waals surface area (Å²) in [6.45, 7) is 13.5. The van der Waals surface area contributed by atoms with E-state index in [4.69, 9.17) is 14.2 Å². The van der Waals surface area contributed by atoms with E-state index in [0.717, 1.165) is 11.3 Å². The molecule has 0 aliphatic rings. The molecule has 2 aromatic carbocycles. The second-order valence-electron chi connectivity index (χ2n) is 8.29. The second kappa shape index (κ2) is 12.6. The minimum atomic E-state index is -0.108. The number of hydrogen-bond donors (Lipinski definition) is 0. The molecule has 0 bridgehead atoms. The normalized spacial score (nSPS) is 10.1. The molecule has 0 N–H and O–H groups in total. The van der Waals surface area contributed by atoms with Crippen LogP contribution in [0.4, 0.5) is 0 Å². The van der Waals surface area contributed by atoms with E-state index in [0.29, 0.717) is 42.4 Å². The van der Waals surface area contributed by atoms with Gasteiger partial charge in [0.25, 0.3) is 0 Å². The lowest BCUT2D eigenvalue weighted by Gasteiger charge is -2.13. The summed E-state index contributed by atoms with van der Waals surface area (Å²) in [5.74, 6) is 1.78. The van der Waals surface area contributed by atoms with Crippen LogP contribution in [0.25, 0.3) is 0 Å². The molecule has 0 amide bonds. The van der Waals surface area contributed by atoms with Gasteiger partial charge in [-0.1, -0.05) is 16.7 Å². The molecular formula is C28H34O4. The summed E-state index contributed by atoms with van der Waals surface area (Å²) in [5, 5.41) is 0. The van der Waals surface area contributed by atoms with Crippen molar-refractivity contribution in [1.29, 1.82) is 0 Å². The number of benzene rings is 2. The Bertz CT molecular complexity index is 983. The zero-order valence-corrected chi connectivity index (χ0v) is 20.0. The van der Waals surface area contributed by atoms with Gasteiger partial charge in [0.05, 0.1) is 5.56 Å². The smallest absolute Gasteiger partial charge is 0.196 e. The van der Waals surface area contributed by atoms with Crippen LogP contribution in [0.1, 0.15) is 57.5 Å². The average Bonchev–Trinajstić information content (AvgIpc) is 2.73. The van der Waals surface area contributed by atoms with E-state index in [2.05, 4.69) is 0 Å². The summed E-state index contributed by atoms with van der Waals surface area (Å²) < 4.78 is 17.4. The van der Waals surface area contributed by atoms with Crippen LogP contribution in [0.2, 0.25) is 0 Å². The number of ketones is 1. The molecule has 0 heterocycles. The predicted octanol–water partition coefficient (Wildman–Crippen LogP) is 6.95. The van der Waals surface area contributed by atoms with E-state index in [1.165, 1.54) is 11.1 Å². The van der Waals surface area contributed by atoms with Crippen LogP contribution in [-0.4, -0.2) is 25.6 Å². The first-order valence-electron chi connectivity index (χ1n) is 10.8. The number of carbonyl (C=O) groups is 1. The molecule has 0 atom stereocenters. The molecule has 0 unspecified atom stereocenters. The highest BCUT2D eigenvalue weighted by molar-refractivity contribution is 6.10. The zero-order valence-electron chi connectivity index (χ0n) is 20.0. The summed E-state index contributed by atoms with van der Waals surface area (Å²) in [6, 6.07) is 12.5. The molecule has 4 heteroatoms. The molecule has 0 aliphatic carbocycles. The fourth-order valence-electron chi connectivity index (χ4n) is 2.66. The Hall–Kier alpha value is -3.27. The van der Waals surface area contributed by atoms with E-state index in [1.807, 2.05) is 71.9 Å². The minimum Gasteiger partial charge on any atom is -0.490 e. The summed E-state index contributed by atoms with van der Waals surface area (Å²) in [4.78, 5) is 13.2. The highest BCUT2D eigenvalue weighted by Gasteiger charge is 2.16. The second-order valence-corrected chi connectivity index (χ2v) is 8.29. The maximum atomic E-state index is 13.2. The quantitative estimate of drug-likeness (QED) is 0.283. The third kappa shape index (κ3) is 8.46. The molecule has 4 nitrogen and oxygen atoms in total. The fraction of sp³-hybridized carbons (Fsp3) is 0.321. The van der Waals surface area contributed by atoms with Crippen molar-refractivity contribution in [2.24, 2.45) is 0 Å². The summed E-state index contributed by atoms with van der Waals surface area (Å²) >= 11 is 0. The molecule has 0 saturated carbocycles. The van der Waals surface area contributed by atoms with Crippen LogP contribution < -0.4 is 14.2 Å². The van der Waals surface area contributed by atoms with Gasteiger partial charge in [-0.05, 0) is 96.2 Å². The number of carbonyl (C=O) groups excluding carboxylic acids is 1. The van der Waals surface area contributed by atoms with Gasteiger partial charge in [0.2, 0.25) is 0 Å². The lowest BCUT2D eigenvalue weighted by atomic mass is 10.0. The molecule has 0 aromatic heterocycles. The summed E-state index contributed by atoms with van der Waals surface area (Å²) in [5.41, 5.74) is 4.61. The fourth-order valence-corrected chi connectivity index (χ4v) is 2.66. The number of allylic oxidation sites excluding steroid dienone is 3. The number of ether oxygens (including phenoxy) is 3. The first-order valence-corrected chi connectivity index (χ1v) is 10.8. The topological polar surface area (TPSA) is 44.8 Å². The van der Waals surface area contributed by atoms with Crippen molar-refractivity contribution in [3.05, 3.63) is 88.5 Å². The Labute approximate surface area is 192 Å². The first-order chi connectivity index (χ1) is 15.3. The monoisotopic (exact) mass is 434 g/mol. The Balaban J connectivity index is 2.22. The molecule has 0 saturated heterocycles. The Morgan fingerprint density at radius 3 is 1.66 bits per heavy atom. The van der Waals surface area contributed by atoms with Crippen LogP contribution in [0.15, 0.2) is 77.4 Å². The van der Waals surface area contributed by atoms with E-state index in [1.54, 1.807) is 30.3 Å². The summed E-state index contributed by atoms with van der Waals surface area (Å²) in [7, 11) is 0. The average molecular weight is 435 g/mol. The molecule has 170 valence electrons. The molecule has 0 spiro atoms. The Kier molecular flexibility index (Phi) is 9.80. The Morgan fingerprint density at radius 1 is 0.656 bits per heavy atom.